The second-order valence-corrected chi connectivity index (χ2v) is 3.29. The number of amides is 1. The van der Waals surface area contributed by atoms with Crippen molar-refractivity contribution >= 4 is 5.91 Å². The Bertz CT molecular complexity index is 281. The highest BCUT2D eigenvalue weighted by molar-refractivity contribution is 5.76. The maximum absolute atomic E-state index is 11.4. The molecule has 1 aromatic rings. The van der Waals surface area contributed by atoms with Crippen LogP contribution >= 0.6 is 0 Å². The van der Waals surface area contributed by atoms with Gasteiger partial charge in [0, 0.05) is 32.6 Å². The van der Waals surface area contributed by atoms with Crippen LogP contribution in [0.4, 0.5) is 0 Å². The van der Waals surface area contributed by atoms with Crippen LogP contribution < -0.4 is 11.1 Å². The Hall–Kier alpha value is -1.33. The molecule has 0 spiro atoms. The average molecular weight is 211 g/mol. The molecule has 0 aliphatic heterocycles. The normalized spacial score (nSPS) is 12.4. The summed E-state index contributed by atoms with van der Waals surface area (Å²) < 4.78 is 5.02. The number of carbonyl (C=O) groups excluding carboxylic acids is 1. The summed E-state index contributed by atoms with van der Waals surface area (Å²) in [6.07, 6.45) is 3.77. The predicted octanol–water partition coefficient (Wildman–Crippen LogP) is -0.00530. The van der Waals surface area contributed by atoms with Gasteiger partial charge in [0.25, 0.3) is 0 Å². The Kier molecular flexibility index (Phi) is 4.86. The predicted molar refractivity (Wildman–Crippen MR) is 57.1 cm³/mol. The second kappa shape index (κ2) is 6.21. The Morgan fingerprint density at radius 3 is 3.07 bits per heavy atom. The topological polar surface area (TPSA) is 80.1 Å². The standard InChI is InChI=1S/C10H17N3O2/c1-15-9(5-11)4-10(14)13-7-8-2-3-12-6-8/h2-3,6,9,12H,4-5,7,11H2,1H3,(H,13,14). The number of aromatic amines is 1. The number of hydrogen-bond acceptors (Lipinski definition) is 3. The molecule has 5 nitrogen and oxygen atoms in total. The van der Waals surface area contributed by atoms with Crippen molar-refractivity contribution < 1.29 is 9.53 Å². The molecule has 0 saturated carbocycles. The Morgan fingerprint density at radius 2 is 2.53 bits per heavy atom. The van der Waals surface area contributed by atoms with Crippen molar-refractivity contribution in [1.82, 2.24) is 10.3 Å². The van der Waals surface area contributed by atoms with Gasteiger partial charge < -0.3 is 20.8 Å². The first-order chi connectivity index (χ1) is 7.26. The number of carbonyl (C=O) groups is 1. The zero-order valence-corrected chi connectivity index (χ0v) is 8.82. The Balaban J connectivity index is 2.24. The van der Waals surface area contributed by atoms with E-state index in [0.717, 1.165) is 5.56 Å². The van der Waals surface area contributed by atoms with E-state index in [-0.39, 0.29) is 12.0 Å². The summed E-state index contributed by atoms with van der Waals surface area (Å²) in [7, 11) is 1.55. The minimum Gasteiger partial charge on any atom is -0.380 e. The molecule has 0 bridgehead atoms. The number of ether oxygens (including phenoxy) is 1. The van der Waals surface area contributed by atoms with Crippen LogP contribution in [-0.4, -0.2) is 30.6 Å². The van der Waals surface area contributed by atoms with E-state index in [0.29, 0.717) is 19.5 Å². The lowest BCUT2D eigenvalue weighted by molar-refractivity contribution is -0.123. The molecule has 0 aliphatic rings. The minimum atomic E-state index is -0.198. The lowest BCUT2D eigenvalue weighted by atomic mass is 10.2. The molecule has 1 aromatic heterocycles. The van der Waals surface area contributed by atoms with Crippen molar-refractivity contribution in [2.75, 3.05) is 13.7 Å². The molecule has 0 aromatic carbocycles. The molecule has 84 valence electrons. The third-order valence-electron chi connectivity index (χ3n) is 2.16. The molecule has 1 heterocycles. The number of methoxy groups -OCH3 is 1. The van der Waals surface area contributed by atoms with Crippen LogP contribution in [0.3, 0.4) is 0 Å². The fraction of sp³-hybridized carbons (Fsp3) is 0.500. The van der Waals surface area contributed by atoms with Crippen LogP contribution in [0, 0.1) is 0 Å². The zero-order chi connectivity index (χ0) is 11.1. The van der Waals surface area contributed by atoms with Gasteiger partial charge in [-0.1, -0.05) is 0 Å². The molecule has 4 N–H and O–H groups in total. The lowest BCUT2D eigenvalue weighted by Gasteiger charge is -2.12. The second-order valence-electron chi connectivity index (χ2n) is 3.29. The van der Waals surface area contributed by atoms with E-state index in [1.807, 2.05) is 18.5 Å². The van der Waals surface area contributed by atoms with Gasteiger partial charge in [-0.05, 0) is 11.6 Å². The van der Waals surface area contributed by atoms with Gasteiger partial charge in [-0.25, -0.2) is 0 Å². The van der Waals surface area contributed by atoms with E-state index in [1.165, 1.54) is 0 Å². The summed E-state index contributed by atoms with van der Waals surface area (Å²) in [4.78, 5) is 14.3. The molecule has 1 unspecified atom stereocenters. The molecule has 5 heteroatoms. The Labute approximate surface area is 89.0 Å². The number of rotatable bonds is 6. The summed E-state index contributed by atoms with van der Waals surface area (Å²) in [6.45, 7) is 0.886. The lowest BCUT2D eigenvalue weighted by Crippen LogP contribution is -2.31. The first-order valence-electron chi connectivity index (χ1n) is 4.87. The van der Waals surface area contributed by atoms with E-state index in [1.54, 1.807) is 7.11 Å². The van der Waals surface area contributed by atoms with Gasteiger partial charge in [-0.2, -0.15) is 0 Å². The van der Waals surface area contributed by atoms with Crippen molar-refractivity contribution in [2.24, 2.45) is 5.73 Å². The molecule has 0 saturated heterocycles. The molecule has 0 aliphatic carbocycles. The number of hydrogen-bond donors (Lipinski definition) is 3. The Morgan fingerprint density at radius 1 is 1.73 bits per heavy atom. The number of aromatic nitrogens is 1. The molecule has 15 heavy (non-hydrogen) atoms. The van der Waals surface area contributed by atoms with Gasteiger partial charge in [0.2, 0.25) is 5.91 Å². The quantitative estimate of drug-likeness (QED) is 0.619. The highest BCUT2D eigenvalue weighted by Gasteiger charge is 2.10. The van der Waals surface area contributed by atoms with Gasteiger partial charge in [0.05, 0.1) is 12.5 Å². The third-order valence-corrected chi connectivity index (χ3v) is 2.16. The van der Waals surface area contributed by atoms with Crippen LogP contribution in [-0.2, 0) is 16.1 Å². The van der Waals surface area contributed by atoms with Crippen LogP contribution in [0.2, 0.25) is 0 Å². The molecular weight excluding hydrogens is 194 g/mol. The highest BCUT2D eigenvalue weighted by Crippen LogP contribution is 1.98. The highest BCUT2D eigenvalue weighted by atomic mass is 16.5. The molecule has 1 amide bonds. The maximum atomic E-state index is 11.4. The van der Waals surface area contributed by atoms with Crippen LogP contribution in [0.15, 0.2) is 18.5 Å². The molecule has 1 rings (SSSR count). The van der Waals surface area contributed by atoms with Crippen molar-refractivity contribution in [3.8, 4) is 0 Å². The van der Waals surface area contributed by atoms with Gasteiger partial charge >= 0.3 is 0 Å². The van der Waals surface area contributed by atoms with E-state index in [4.69, 9.17) is 10.5 Å². The average Bonchev–Trinajstić information content (AvgIpc) is 2.75. The smallest absolute Gasteiger partial charge is 0.222 e. The number of nitrogens with two attached hydrogens (primary N) is 1. The van der Waals surface area contributed by atoms with Crippen molar-refractivity contribution in [1.29, 1.82) is 0 Å². The fourth-order valence-corrected chi connectivity index (χ4v) is 1.21. The molecule has 0 fully saturated rings. The van der Waals surface area contributed by atoms with Gasteiger partial charge in [0.1, 0.15) is 0 Å². The summed E-state index contributed by atoms with van der Waals surface area (Å²) in [5, 5.41) is 2.79. The van der Waals surface area contributed by atoms with Crippen molar-refractivity contribution in [2.45, 2.75) is 19.1 Å². The van der Waals surface area contributed by atoms with Gasteiger partial charge in [-0.3, -0.25) is 4.79 Å². The maximum Gasteiger partial charge on any atom is 0.222 e. The van der Waals surface area contributed by atoms with Gasteiger partial charge in [0.15, 0.2) is 0 Å². The fourth-order valence-electron chi connectivity index (χ4n) is 1.21. The van der Waals surface area contributed by atoms with E-state index in [2.05, 4.69) is 10.3 Å². The van der Waals surface area contributed by atoms with E-state index < -0.39 is 0 Å². The first-order valence-corrected chi connectivity index (χ1v) is 4.87. The van der Waals surface area contributed by atoms with E-state index >= 15 is 0 Å². The molecule has 1 atom stereocenters. The molecular formula is C10H17N3O2. The summed E-state index contributed by atoms with van der Waals surface area (Å²) in [5.74, 6) is -0.0477. The SMILES string of the molecule is COC(CN)CC(=O)NCc1cc[nH]c1. The van der Waals surface area contributed by atoms with Crippen LogP contribution in [0.5, 0.6) is 0 Å². The largest absolute Gasteiger partial charge is 0.380 e. The zero-order valence-electron chi connectivity index (χ0n) is 8.82. The monoisotopic (exact) mass is 211 g/mol. The first kappa shape index (κ1) is 11.7. The van der Waals surface area contributed by atoms with Crippen LogP contribution in [0.25, 0.3) is 0 Å². The van der Waals surface area contributed by atoms with Crippen molar-refractivity contribution in [3.05, 3.63) is 24.0 Å². The minimum absolute atomic E-state index is 0.0477. The summed E-state index contributed by atoms with van der Waals surface area (Å²) >= 11 is 0. The van der Waals surface area contributed by atoms with Gasteiger partial charge in [-0.15, -0.1) is 0 Å². The molecule has 0 radical (unpaired) electrons. The summed E-state index contributed by atoms with van der Waals surface area (Å²) in [6, 6.07) is 1.91. The summed E-state index contributed by atoms with van der Waals surface area (Å²) in [5.41, 5.74) is 6.46. The van der Waals surface area contributed by atoms with E-state index in [9.17, 15) is 4.79 Å². The number of nitrogens with one attached hydrogen (secondary N) is 2. The number of H-pyrrole nitrogens is 1. The third kappa shape index (κ3) is 4.14. The van der Waals surface area contributed by atoms with Crippen molar-refractivity contribution in [3.63, 3.8) is 0 Å². The van der Waals surface area contributed by atoms with Crippen LogP contribution in [0.1, 0.15) is 12.0 Å².